The van der Waals surface area contributed by atoms with Crippen molar-refractivity contribution in [2.75, 3.05) is 38.2 Å². The number of rotatable bonds is 7. The van der Waals surface area contributed by atoms with Gasteiger partial charge < -0.3 is 15.4 Å². The molecule has 2 N–H and O–H groups in total. The minimum Gasteiger partial charge on any atom is -0.379 e. The summed E-state index contributed by atoms with van der Waals surface area (Å²) in [6.45, 7) is 6.53. The molecule has 0 aliphatic carbocycles. The maximum absolute atomic E-state index is 11.1. The zero-order valence-corrected chi connectivity index (χ0v) is 16.3. The maximum atomic E-state index is 11.1. The second-order valence-corrected chi connectivity index (χ2v) is 7.16. The van der Waals surface area contributed by atoms with E-state index >= 15 is 0 Å². The highest BCUT2D eigenvalue weighted by atomic mass is 35.5. The van der Waals surface area contributed by atoms with Gasteiger partial charge in [0, 0.05) is 49.9 Å². The van der Waals surface area contributed by atoms with Gasteiger partial charge in [0.2, 0.25) is 5.91 Å². The van der Waals surface area contributed by atoms with E-state index in [1.807, 2.05) is 36.4 Å². The minimum absolute atomic E-state index is 0.0582. The monoisotopic (exact) mass is 387 g/mol. The van der Waals surface area contributed by atoms with Crippen LogP contribution in [-0.2, 0) is 16.1 Å². The van der Waals surface area contributed by atoms with Crippen LogP contribution in [0, 0.1) is 0 Å². The molecule has 1 unspecified atom stereocenters. The molecule has 1 aliphatic rings. The van der Waals surface area contributed by atoms with Gasteiger partial charge in [-0.15, -0.1) is 0 Å². The number of ether oxygens (including phenoxy) is 1. The first-order valence-electron chi connectivity index (χ1n) is 9.26. The molecule has 2 aromatic carbocycles. The first kappa shape index (κ1) is 19.8. The summed E-state index contributed by atoms with van der Waals surface area (Å²) in [4.78, 5) is 13.6. The van der Waals surface area contributed by atoms with Gasteiger partial charge >= 0.3 is 0 Å². The Hall–Kier alpha value is -1.92. The Balaban J connectivity index is 1.60. The normalized spacial score (nSPS) is 16.1. The highest BCUT2D eigenvalue weighted by Gasteiger charge is 2.22. The van der Waals surface area contributed by atoms with Crippen LogP contribution >= 0.6 is 11.6 Å². The second-order valence-electron chi connectivity index (χ2n) is 6.72. The fraction of sp³-hybridized carbons (Fsp3) is 0.381. The number of carbonyl (C=O) groups is 1. The highest BCUT2D eigenvalue weighted by molar-refractivity contribution is 6.30. The maximum Gasteiger partial charge on any atom is 0.221 e. The van der Waals surface area contributed by atoms with Gasteiger partial charge in [0.15, 0.2) is 0 Å². The Kier molecular flexibility index (Phi) is 7.24. The number of hydrogen-bond donors (Lipinski definition) is 2. The van der Waals surface area contributed by atoms with Crippen LogP contribution in [0.3, 0.4) is 0 Å². The van der Waals surface area contributed by atoms with Crippen LogP contribution in [-0.4, -0.2) is 43.7 Å². The zero-order valence-electron chi connectivity index (χ0n) is 15.6. The molecule has 6 heteroatoms. The van der Waals surface area contributed by atoms with Gasteiger partial charge in [-0.1, -0.05) is 35.9 Å². The summed E-state index contributed by atoms with van der Waals surface area (Å²) < 4.78 is 5.50. The van der Waals surface area contributed by atoms with Gasteiger partial charge in [-0.05, 0) is 35.4 Å². The Bertz CT molecular complexity index is 728. The van der Waals surface area contributed by atoms with Gasteiger partial charge in [-0.2, -0.15) is 0 Å². The molecule has 1 aliphatic heterocycles. The number of anilines is 1. The van der Waals surface area contributed by atoms with Crippen molar-refractivity contribution < 1.29 is 9.53 Å². The van der Waals surface area contributed by atoms with Gasteiger partial charge in [-0.3, -0.25) is 9.69 Å². The lowest BCUT2D eigenvalue weighted by Gasteiger charge is -2.35. The molecule has 0 radical (unpaired) electrons. The van der Waals surface area contributed by atoms with E-state index in [9.17, 15) is 4.79 Å². The molecule has 1 atom stereocenters. The molecular formula is C21H26ClN3O2. The van der Waals surface area contributed by atoms with E-state index in [1.54, 1.807) is 0 Å². The predicted octanol–water partition coefficient (Wildman–Crippen LogP) is 3.46. The van der Waals surface area contributed by atoms with Gasteiger partial charge in [0.1, 0.15) is 0 Å². The van der Waals surface area contributed by atoms with Crippen molar-refractivity contribution in [3.05, 3.63) is 64.7 Å². The molecule has 5 nitrogen and oxygen atoms in total. The average molecular weight is 388 g/mol. The first-order chi connectivity index (χ1) is 13.1. The molecule has 0 spiro atoms. The summed E-state index contributed by atoms with van der Waals surface area (Å²) in [5.74, 6) is -0.0582. The third kappa shape index (κ3) is 6.04. The third-order valence-corrected chi connectivity index (χ3v) is 4.93. The Morgan fingerprint density at radius 1 is 1.11 bits per heavy atom. The molecule has 0 bridgehead atoms. The molecule has 144 valence electrons. The van der Waals surface area contributed by atoms with E-state index in [-0.39, 0.29) is 11.9 Å². The lowest BCUT2D eigenvalue weighted by atomic mass is 10.0. The fourth-order valence-electron chi connectivity index (χ4n) is 3.29. The van der Waals surface area contributed by atoms with E-state index in [0.717, 1.165) is 50.1 Å². The van der Waals surface area contributed by atoms with Crippen molar-refractivity contribution in [1.29, 1.82) is 0 Å². The summed E-state index contributed by atoms with van der Waals surface area (Å²) in [6, 6.07) is 16.3. The molecule has 1 heterocycles. The van der Waals surface area contributed by atoms with Crippen LogP contribution in [0.15, 0.2) is 48.5 Å². The van der Waals surface area contributed by atoms with Crippen molar-refractivity contribution in [2.24, 2.45) is 0 Å². The van der Waals surface area contributed by atoms with E-state index < -0.39 is 0 Å². The van der Waals surface area contributed by atoms with Crippen molar-refractivity contribution in [2.45, 2.75) is 19.5 Å². The number of hydrogen-bond acceptors (Lipinski definition) is 4. The number of halogens is 1. The van der Waals surface area contributed by atoms with Crippen molar-refractivity contribution in [1.82, 2.24) is 10.2 Å². The molecule has 0 saturated carbocycles. The average Bonchev–Trinajstić information content (AvgIpc) is 2.68. The highest BCUT2D eigenvalue weighted by Crippen LogP contribution is 2.23. The molecular weight excluding hydrogens is 362 g/mol. The zero-order chi connectivity index (χ0) is 19.1. The largest absolute Gasteiger partial charge is 0.379 e. The Morgan fingerprint density at radius 2 is 1.78 bits per heavy atom. The molecule has 27 heavy (non-hydrogen) atoms. The van der Waals surface area contributed by atoms with E-state index in [4.69, 9.17) is 16.3 Å². The van der Waals surface area contributed by atoms with Crippen LogP contribution in [0.4, 0.5) is 5.69 Å². The third-order valence-electron chi connectivity index (χ3n) is 4.68. The topological polar surface area (TPSA) is 53.6 Å². The smallest absolute Gasteiger partial charge is 0.221 e. The first-order valence-corrected chi connectivity index (χ1v) is 9.64. The summed E-state index contributed by atoms with van der Waals surface area (Å²) in [7, 11) is 0. The molecule has 0 aromatic heterocycles. The lowest BCUT2D eigenvalue weighted by Crippen LogP contribution is -2.42. The van der Waals surface area contributed by atoms with Crippen molar-refractivity contribution in [3.8, 4) is 0 Å². The number of nitrogens with zero attached hydrogens (tertiary/aromatic N) is 1. The number of amides is 1. The van der Waals surface area contributed by atoms with E-state index in [1.165, 1.54) is 18.1 Å². The number of morpholine rings is 1. The van der Waals surface area contributed by atoms with Gasteiger partial charge in [0.05, 0.1) is 13.2 Å². The standard InChI is InChI=1S/C21H26ClN3O2/c1-16(26)24-20-8-2-17(3-9-20)14-23-15-21(25-10-12-27-13-11-25)18-4-6-19(22)7-5-18/h2-9,21,23H,10-15H2,1H3,(H,24,26). The Labute approximate surface area is 165 Å². The quantitative estimate of drug-likeness (QED) is 0.763. The summed E-state index contributed by atoms with van der Waals surface area (Å²) >= 11 is 6.06. The van der Waals surface area contributed by atoms with Crippen LogP contribution in [0.1, 0.15) is 24.1 Å². The lowest BCUT2D eigenvalue weighted by molar-refractivity contribution is -0.114. The van der Waals surface area contributed by atoms with Crippen LogP contribution in [0.2, 0.25) is 5.02 Å². The van der Waals surface area contributed by atoms with Crippen molar-refractivity contribution >= 4 is 23.2 Å². The van der Waals surface area contributed by atoms with Crippen molar-refractivity contribution in [3.63, 3.8) is 0 Å². The van der Waals surface area contributed by atoms with Gasteiger partial charge in [0.25, 0.3) is 0 Å². The summed E-state index contributed by atoms with van der Waals surface area (Å²) in [5.41, 5.74) is 3.26. The van der Waals surface area contributed by atoms with E-state index in [0.29, 0.717) is 0 Å². The second kappa shape index (κ2) is 9.85. The fourth-order valence-corrected chi connectivity index (χ4v) is 3.42. The number of carbonyl (C=O) groups excluding carboxylic acids is 1. The molecule has 3 rings (SSSR count). The number of benzene rings is 2. The number of nitrogens with one attached hydrogen (secondary N) is 2. The molecule has 1 amide bonds. The summed E-state index contributed by atoms with van der Waals surface area (Å²) in [6.07, 6.45) is 0. The SMILES string of the molecule is CC(=O)Nc1ccc(CNCC(c2ccc(Cl)cc2)N2CCOCC2)cc1. The van der Waals surface area contributed by atoms with Crippen LogP contribution in [0.25, 0.3) is 0 Å². The predicted molar refractivity (Wildman–Crippen MR) is 109 cm³/mol. The summed E-state index contributed by atoms with van der Waals surface area (Å²) in [5, 5.41) is 7.11. The minimum atomic E-state index is -0.0582. The molecule has 1 saturated heterocycles. The van der Waals surface area contributed by atoms with E-state index in [2.05, 4.69) is 27.7 Å². The Morgan fingerprint density at radius 3 is 2.41 bits per heavy atom. The molecule has 2 aromatic rings. The van der Waals surface area contributed by atoms with Gasteiger partial charge in [-0.25, -0.2) is 0 Å². The van der Waals surface area contributed by atoms with Crippen LogP contribution < -0.4 is 10.6 Å². The molecule has 1 fully saturated rings. The van der Waals surface area contributed by atoms with Crippen LogP contribution in [0.5, 0.6) is 0 Å².